The van der Waals surface area contributed by atoms with Crippen LogP contribution in [0.2, 0.25) is 0 Å². The molecule has 3 heterocycles. The van der Waals surface area contributed by atoms with Crippen molar-refractivity contribution in [3.05, 3.63) is 45.3 Å². The quantitative estimate of drug-likeness (QED) is 0.746. The van der Waals surface area contributed by atoms with Gasteiger partial charge in [0.1, 0.15) is 5.65 Å². The zero-order valence-corrected chi connectivity index (χ0v) is 12.8. The minimum Gasteiger partial charge on any atom is -0.342 e. The highest BCUT2D eigenvalue weighted by Gasteiger charge is 2.20. The minimum atomic E-state index is -0.105. The van der Waals surface area contributed by atoms with Crippen LogP contribution >= 0.6 is 11.3 Å². The first kappa shape index (κ1) is 13.1. The fraction of sp³-hybridized carbons (Fsp3) is 0.333. The van der Waals surface area contributed by atoms with E-state index in [0.29, 0.717) is 0 Å². The van der Waals surface area contributed by atoms with Crippen molar-refractivity contribution >= 4 is 17.0 Å². The lowest BCUT2D eigenvalue weighted by Gasteiger charge is -2.18. The first-order valence-corrected chi connectivity index (χ1v) is 7.43. The van der Waals surface area contributed by atoms with Crippen molar-refractivity contribution in [1.82, 2.24) is 14.6 Å². The first-order chi connectivity index (χ1) is 9.38. The Hall–Kier alpha value is -1.88. The SMILES string of the molecule is Cc1nn2c(=O)cc(C(C)(C)C)[nH]c2c1-c1cccs1. The number of aromatic amines is 1. The van der Waals surface area contributed by atoms with Crippen molar-refractivity contribution in [1.29, 1.82) is 0 Å². The van der Waals surface area contributed by atoms with Crippen molar-refractivity contribution in [2.75, 3.05) is 0 Å². The predicted octanol–water partition coefficient (Wildman–Crippen LogP) is 3.36. The third-order valence-electron chi connectivity index (χ3n) is 3.37. The van der Waals surface area contributed by atoms with Crippen LogP contribution in [0.1, 0.15) is 32.2 Å². The molecule has 1 N–H and O–H groups in total. The highest BCUT2D eigenvalue weighted by atomic mass is 32.1. The molecule has 0 aliphatic heterocycles. The van der Waals surface area contributed by atoms with E-state index in [2.05, 4.69) is 36.9 Å². The van der Waals surface area contributed by atoms with E-state index in [0.717, 1.165) is 27.5 Å². The molecule has 0 aromatic carbocycles. The molecule has 0 aliphatic carbocycles. The molecule has 0 radical (unpaired) electrons. The second-order valence-corrected chi connectivity index (χ2v) is 6.92. The molecule has 0 aliphatic rings. The Balaban J connectivity index is 2.39. The summed E-state index contributed by atoms with van der Waals surface area (Å²) in [7, 11) is 0. The van der Waals surface area contributed by atoms with Gasteiger partial charge in [-0.25, -0.2) is 0 Å². The third-order valence-corrected chi connectivity index (χ3v) is 4.25. The van der Waals surface area contributed by atoms with Crippen LogP contribution in [0.15, 0.2) is 28.4 Å². The first-order valence-electron chi connectivity index (χ1n) is 6.55. The molecule has 0 saturated heterocycles. The van der Waals surface area contributed by atoms with Crippen molar-refractivity contribution < 1.29 is 0 Å². The maximum absolute atomic E-state index is 12.3. The fourth-order valence-corrected chi connectivity index (χ4v) is 3.09. The predicted molar refractivity (Wildman–Crippen MR) is 82.6 cm³/mol. The molecular weight excluding hydrogens is 270 g/mol. The van der Waals surface area contributed by atoms with E-state index in [4.69, 9.17) is 0 Å². The number of thiophene rings is 1. The summed E-state index contributed by atoms with van der Waals surface area (Å²) in [6.45, 7) is 8.19. The summed E-state index contributed by atoms with van der Waals surface area (Å²) in [6, 6.07) is 5.70. The van der Waals surface area contributed by atoms with E-state index in [9.17, 15) is 4.79 Å². The van der Waals surface area contributed by atoms with Crippen LogP contribution in [0, 0.1) is 6.92 Å². The lowest BCUT2D eigenvalue weighted by molar-refractivity contribution is 0.566. The Bertz CT molecular complexity index is 819. The van der Waals surface area contributed by atoms with E-state index in [1.807, 2.05) is 18.4 Å². The van der Waals surface area contributed by atoms with Crippen LogP contribution in [-0.2, 0) is 5.41 Å². The molecule has 0 amide bonds. The Kier molecular flexibility index (Phi) is 2.83. The van der Waals surface area contributed by atoms with Crippen LogP contribution in [0.5, 0.6) is 0 Å². The molecule has 20 heavy (non-hydrogen) atoms. The highest BCUT2D eigenvalue weighted by Crippen LogP contribution is 2.31. The average Bonchev–Trinajstić information content (AvgIpc) is 2.94. The Morgan fingerprint density at radius 3 is 2.70 bits per heavy atom. The largest absolute Gasteiger partial charge is 0.342 e. The minimum absolute atomic E-state index is 0.0884. The number of hydrogen-bond acceptors (Lipinski definition) is 3. The lowest BCUT2D eigenvalue weighted by atomic mass is 9.92. The second-order valence-electron chi connectivity index (χ2n) is 5.97. The molecular formula is C15H17N3OS. The van der Waals surface area contributed by atoms with Crippen LogP contribution in [0.25, 0.3) is 16.1 Å². The van der Waals surface area contributed by atoms with Gasteiger partial charge in [-0.05, 0) is 18.4 Å². The van der Waals surface area contributed by atoms with Crippen molar-refractivity contribution in [3.63, 3.8) is 0 Å². The zero-order chi connectivity index (χ0) is 14.5. The molecule has 0 unspecified atom stereocenters. The monoisotopic (exact) mass is 287 g/mol. The summed E-state index contributed by atoms with van der Waals surface area (Å²) in [5, 5.41) is 6.40. The third kappa shape index (κ3) is 1.98. The summed E-state index contributed by atoms with van der Waals surface area (Å²) in [6.07, 6.45) is 0. The Morgan fingerprint density at radius 1 is 1.35 bits per heavy atom. The summed E-state index contributed by atoms with van der Waals surface area (Å²) in [5.74, 6) is 0. The maximum Gasteiger partial charge on any atom is 0.274 e. The zero-order valence-electron chi connectivity index (χ0n) is 12.0. The van der Waals surface area contributed by atoms with Gasteiger partial charge in [-0.1, -0.05) is 26.8 Å². The lowest BCUT2D eigenvalue weighted by Crippen LogP contribution is -2.22. The number of H-pyrrole nitrogens is 1. The smallest absolute Gasteiger partial charge is 0.274 e. The van der Waals surface area contributed by atoms with Crippen LogP contribution in [-0.4, -0.2) is 14.6 Å². The van der Waals surface area contributed by atoms with Gasteiger partial charge in [0.25, 0.3) is 5.56 Å². The standard InChI is InChI=1S/C15H17N3OS/c1-9-13(10-6-5-7-20-10)14-16-11(15(2,3)4)8-12(19)18(14)17-9/h5-8,16H,1-4H3. The number of aromatic nitrogens is 3. The Morgan fingerprint density at radius 2 is 2.10 bits per heavy atom. The molecule has 104 valence electrons. The van der Waals surface area contributed by atoms with E-state index in [-0.39, 0.29) is 11.0 Å². The van der Waals surface area contributed by atoms with Crippen molar-refractivity contribution in [3.8, 4) is 10.4 Å². The number of hydrogen-bond donors (Lipinski definition) is 1. The molecule has 3 aromatic heterocycles. The summed E-state index contributed by atoms with van der Waals surface area (Å²) in [4.78, 5) is 16.8. The normalized spacial score (nSPS) is 12.2. The van der Waals surface area contributed by atoms with E-state index in [1.54, 1.807) is 17.4 Å². The van der Waals surface area contributed by atoms with Gasteiger partial charge in [-0.15, -0.1) is 11.3 Å². The number of nitrogens with one attached hydrogen (secondary N) is 1. The highest BCUT2D eigenvalue weighted by molar-refractivity contribution is 7.13. The number of aryl methyl sites for hydroxylation is 1. The van der Waals surface area contributed by atoms with Gasteiger partial charge in [-0.2, -0.15) is 9.61 Å². The molecule has 0 atom stereocenters. The van der Waals surface area contributed by atoms with Gasteiger partial charge in [0.15, 0.2) is 0 Å². The van der Waals surface area contributed by atoms with Crippen LogP contribution in [0.3, 0.4) is 0 Å². The van der Waals surface area contributed by atoms with Crippen molar-refractivity contribution in [2.24, 2.45) is 0 Å². The topological polar surface area (TPSA) is 50.2 Å². The van der Waals surface area contributed by atoms with Gasteiger partial charge in [0, 0.05) is 22.1 Å². The molecule has 3 rings (SSSR count). The summed E-state index contributed by atoms with van der Waals surface area (Å²) < 4.78 is 1.46. The van der Waals surface area contributed by atoms with E-state index in [1.165, 1.54) is 4.52 Å². The van der Waals surface area contributed by atoms with E-state index >= 15 is 0 Å². The molecule has 0 saturated carbocycles. The molecule has 0 fully saturated rings. The van der Waals surface area contributed by atoms with Crippen molar-refractivity contribution in [2.45, 2.75) is 33.1 Å². The molecule has 4 nitrogen and oxygen atoms in total. The maximum atomic E-state index is 12.3. The van der Waals surface area contributed by atoms with Crippen LogP contribution < -0.4 is 5.56 Å². The number of nitrogens with zero attached hydrogens (tertiary/aromatic N) is 2. The van der Waals surface area contributed by atoms with Gasteiger partial charge < -0.3 is 4.98 Å². The average molecular weight is 287 g/mol. The van der Waals surface area contributed by atoms with Gasteiger partial charge in [0.05, 0.1) is 11.3 Å². The fourth-order valence-electron chi connectivity index (χ4n) is 2.27. The number of rotatable bonds is 1. The summed E-state index contributed by atoms with van der Waals surface area (Å²) >= 11 is 1.65. The number of fused-ring (bicyclic) bond motifs is 1. The Labute approximate surface area is 121 Å². The van der Waals surface area contributed by atoms with Gasteiger partial charge in [0.2, 0.25) is 0 Å². The summed E-state index contributed by atoms with van der Waals surface area (Å²) in [5.41, 5.74) is 3.39. The van der Waals surface area contributed by atoms with Gasteiger partial charge in [-0.3, -0.25) is 4.79 Å². The van der Waals surface area contributed by atoms with Gasteiger partial charge >= 0.3 is 0 Å². The van der Waals surface area contributed by atoms with E-state index < -0.39 is 0 Å². The molecule has 0 spiro atoms. The molecule has 3 aromatic rings. The molecule has 5 heteroatoms. The molecule has 0 bridgehead atoms. The van der Waals surface area contributed by atoms with Crippen LogP contribution in [0.4, 0.5) is 0 Å². The second kappa shape index (κ2) is 4.31.